The van der Waals surface area contributed by atoms with Crippen molar-refractivity contribution < 1.29 is 14.4 Å². The number of hydrogen-bond donors (Lipinski definition) is 0. The molecule has 0 unspecified atom stereocenters. The zero-order valence-electron chi connectivity index (χ0n) is 14.4. The predicted octanol–water partition coefficient (Wildman–Crippen LogP) is 3.64. The van der Waals surface area contributed by atoms with Crippen LogP contribution in [0.25, 0.3) is 0 Å². The number of rotatable bonds is 4. The van der Waals surface area contributed by atoms with Crippen LogP contribution in [0.4, 0.5) is 4.79 Å². The lowest BCUT2D eigenvalue weighted by Gasteiger charge is -2.40. The number of hydrogen-bond acceptors (Lipinski definition) is 3. The summed E-state index contributed by atoms with van der Waals surface area (Å²) in [6, 6.07) is 6.84. The van der Waals surface area contributed by atoms with E-state index in [4.69, 9.17) is 11.6 Å². The summed E-state index contributed by atoms with van der Waals surface area (Å²) in [5, 5.41) is 0.627. The first kappa shape index (κ1) is 17.9. The van der Waals surface area contributed by atoms with Crippen LogP contribution >= 0.6 is 11.6 Å². The highest BCUT2D eigenvalue weighted by Crippen LogP contribution is 2.29. The molecule has 1 aliphatic heterocycles. The SMILES string of the molecule is CC1CCC(N2C(=O)CC(=O)N(CCc3cccc(Cl)c3)C2=O)CC1. The van der Waals surface area contributed by atoms with E-state index in [0.29, 0.717) is 17.4 Å². The zero-order valence-corrected chi connectivity index (χ0v) is 15.2. The molecule has 1 aromatic rings. The van der Waals surface area contributed by atoms with E-state index in [1.165, 1.54) is 9.80 Å². The topological polar surface area (TPSA) is 57.7 Å². The van der Waals surface area contributed by atoms with Crippen molar-refractivity contribution in [1.82, 2.24) is 9.80 Å². The van der Waals surface area contributed by atoms with Gasteiger partial charge in [-0.15, -0.1) is 0 Å². The van der Waals surface area contributed by atoms with Crippen molar-refractivity contribution >= 4 is 29.4 Å². The number of amides is 4. The lowest BCUT2D eigenvalue weighted by atomic mass is 9.86. The van der Waals surface area contributed by atoms with Gasteiger partial charge in [0.25, 0.3) is 0 Å². The monoisotopic (exact) mass is 362 g/mol. The summed E-state index contributed by atoms with van der Waals surface area (Å²) in [7, 11) is 0. The highest BCUT2D eigenvalue weighted by molar-refractivity contribution is 6.30. The first-order chi connectivity index (χ1) is 12.0. The zero-order chi connectivity index (χ0) is 18.0. The predicted molar refractivity (Wildman–Crippen MR) is 95.1 cm³/mol. The molecule has 0 aromatic heterocycles. The third-order valence-corrected chi connectivity index (χ3v) is 5.41. The van der Waals surface area contributed by atoms with Crippen molar-refractivity contribution in [2.75, 3.05) is 6.54 Å². The molecule has 0 spiro atoms. The quantitative estimate of drug-likeness (QED) is 0.768. The minimum atomic E-state index is -0.456. The number of imide groups is 2. The average Bonchev–Trinajstić information content (AvgIpc) is 2.56. The standard InChI is InChI=1S/C19H23ClN2O3/c1-13-5-7-16(8-6-13)22-18(24)12-17(23)21(19(22)25)10-9-14-3-2-4-15(20)11-14/h2-4,11,13,16H,5-10,12H2,1H3. The summed E-state index contributed by atoms with van der Waals surface area (Å²) in [5.41, 5.74) is 0.961. The lowest BCUT2D eigenvalue weighted by Crippen LogP contribution is -2.59. The second-order valence-electron chi connectivity index (χ2n) is 7.06. The number of nitrogens with zero attached hydrogens (tertiary/aromatic N) is 2. The van der Waals surface area contributed by atoms with Crippen LogP contribution in [0.2, 0.25) is 5.02 Å². The molecule has 0 N–H and O–H groups in total. The Kier molecular flexibility index (Phi) is 5.42. The Hall–Kier alpha value is -1.88. The molecule has 1 saturated carbocycles. The Morgan fingerprint density at radius 2 is 1.80 bits per heavy atom. The van der Waals surface area contributed by atoms with Gasteiger partial charge in [0.05, 0.1) is 0 Å². The average molecular weight is 363 g/mol. The maximum atomic E-state index is 12.8. The van der Waals surface area contributed by atoms with Crippen LogP contribution in [0.15, 0.2) is 24.3 Å². The van der Waals surface area contributed by atoms with E-state index in [0.717, 1.165) is 31.2 Å². The van der Waals surface area contributed by atoms with Crippen LogP contribution in [-0.2, 0) is 16.0 Å². The summed E-state index contributed by atoms with van der Waals surface area (Å²) in [5.74, 6) is -0.127. The first-order valence-electron chi connectivity index (χ1n) is 8.86. The Morgan fingerprint density at radius 3 is 2.48 bits per heavy atom. The van der Waals surface area contributed by atoms with Crippen LogP contribution in [-0.4, -0.2) is 40.2 Å². The molecule has 0 atom stereocenters. The lowest BCUT2D eigenvalue weighted by molar-refractivity contribution is -0.144. The van der Waals surface area contributed by atoms with Crippen molar-refractivity contribution in [3.05, 3.63) is 34.9 Å². The van der Waals surface area contributed by atoms with E-state index in [1.807, 2.05) is 18.2 Å². The van der Waals surface area contributed by atoms with Gasteiger partial charge in [0.15, 0.2) is 0 Å². The fourth-order valence-electron chi connectivity index (χ4n) is 3.67. The Bertz CT molecular complexity index is 683. The number of barbiturate groups is 1. The number of halogens is 1. The molecule has 25 heavy (non-hydrogen) atoms. The fraction of sp³-hybridized carbons (Fsp3) is 0.526. The van der Waals surface area contributed by atoms with Gasteiger partial charge in [0, 0.05) is 17.6 Å². The van der Waals surface area contributed by atoms with Crippen LogP contribution < -0.4 is 0 Å². The summed E-state index contributed by atoms with van der Waals surface area (Å²) in [6.07, 6.45) is 4.00. The molecule has 4 amide bonds. The first-order valence-corrected chi connectivity index (χ1v) is 9.24. The van der Waals surface area contributed by atoms with Gasteiger partial charge in [-0.2, -0.15) is 0 Å². The van der Waals surface area contributed by atoms with Crippen molar-refractivity contribution in [1.29, 1.82) is 0 Å². The van der Waals surface area contributed by atoms with Gasteiger partial charge >= 0.3 is 6.03 Å². The van der Waals surface area contributed by atoms with Crippen LogP contribution in [0.3, 0.4) is 0 Å². The normalized spacial score (nSPS) is 24.8. The molecule has 6 heteroatoms. The Balaban J connectivity index is 1.69. The summed E-state index contributed by atoms with van der Waals surface area (Å²) >= 11 is 5.98. The van der Waals surface area contributed by atoms with E-state index in [1.54, 1.807) is 6.07 Å². The highest BCUT2D eigenvalue weighted by atomic mass is 35.5. The number of urea groups is 1. The molecule has 1 saturated heterocycles. The van der Waals surface area contributed by atoms with Gasteiger partial charge in [0.1, 0.15) is 6.42 Å². The van der Waals surface area contributed by atoms with E-state index in [9.17, 15) is 14.4 Å². The van der Waals surface area contributed by atoms with Gasteiger partial charge in [-0.3, -0.25) is 19.4 Å². The van der Waals surface area contributed by atoms with E-state index in [-0.39, 0.29) is 24.9 Å². The Morgan fingerprint density at radius 1 is 1.08 bits per heavy atom. The molecule has 1 aromatic carbocycles. The summed E-state index contributed by atoms with van der Waals surface area (Å²) in [4.78, 5) is 39.9. The van der Waals surface area contributed by atoms with Crippen molar-refractivity contribution in [2.24, 2.45) is 5.92 Å². The van der Waals surface area contributed by atoms with Crippen LogP contribution in [0, 0.1) is 5.92 Å². The fourth-order valence-corrected chi connectivity index (χ4v) is 3.88. The number of carbonyl (C=O) groups is 3. The molecule has 0 radical (unpaired) electrons. The molecule has 1 aliphatic carbocycles. The highest BCUT2D eigenvalue weighted by Gasteiger charge is 2.41. The minimum Gasteiger partial charge on any atom is -0.274 e. The molecule has 5 nitrogen and oxygen atoms in total. The minimum absolute atomic E-state index is 0.0713. The molecule has 0 bridgehead atoms. The van der Waals surface area contributed by atoms with Crippen LogP contribution in [0.1, 0.15) is 44.6 Å². The smallest absolute Gasteiger partial charge is 0.274 e. The summed E-state index contributed by atoms with van der Waals surface area (Å²) < 4.78 is 0. The van der Waals surface area contributed by atoms with E-state index >= 15 is 0 Å². The second-order valence-corrected chi connectivity index (χ2v) is 7.50. The number of benzene rings is 1. The molecule has 2 fully saturated rings. The molecular weight excluding hydrogens is 340 g/mol. The van der Waals surface area contributed by atoms with Gasteiger partial charge in [0.2, 0.25) is 11.8 Å². The third kappa shape index (κ3) is 4.03. The van der Waals surface area contributed by atoms with E-state index in [2.05, 4.69) is 6.92 Å². The second kappa shape index (κ2) is 7.56. The maximum absolute atomic E-state index is 12.8. The van der Waals surface area contributed by atoms with Crippen molar-refractivity contribution in [2.45, 2.75) is 51.5 Å². The molecule has 134 valence electrons. The largest absolute Gasteiger partial charge is 0.333 e. The van der Waals surface area contributed by atoms with Gasteiger partial charge < -0.3 is 0 Å². The molecule has 3 rings (SSSR count). The molecular formula is C19H23ClN2O3. The maximum Gasteiger partial charge on any atom is 0.333 e. The third-order valence-electron chi connectivity index (χ3n) is 5.17. The van der Waals surface area contributed by atoms with Gasteiger partial charge in [-0.25, -0.2) is 4.79 Å². The molecule has 2 aliphatic rings. The summed E-state index contributed by atoms with van der Waals surface area (Å²) in [6.45, 7) is 2.46. The van der Waals surface area contributed by atoms with E-state index < -0.39 is 11.9 Å². The van der Waals surface area contributed by atoms with Crippen molar-refractivity contribution in [3.63, 3.8) is 0 Å². The number of carbonyl (C=O) groups excluding carboxylic acids is 3. The van der Waals surface area contributed by atoms with Gasteiger partial charge in [-0.05, 0) is 55.7 Å². The van der Waals surface area contributed by atoms with Crippen LogP contribution in [0.5, 0.6) is 0 Å². The molecule has 1 heterocycles. The van der Waals surface area contributed by atoms with Gasteiger partial charge in [-0.1, -0.05) is 30.7 Å². The van der Waals surface area contributed by atoms with Crippen molar-refractivity contribution in [3.8, 4) is 0 Å². The Labute approximate surface area is 152 Å².